The average molecular weight is 253 g/mol. The summed E-state index contributed by atoms with van der Waals surface area (Å²) < 4.78 is 5.09. The van der Waals surface area contributed by atoms with Crippen LogP contribution in [0.2, 0.25) is 0 Å². The van der Waals surface area contributed by atoms with E-state index in [-0.39, 0.29) is 19.1 Å². The molecule has 1 rings (SSSR count). The first kappa shape index (κ1) is 14.3. The zero-order valence-corrected chi connectivity index (χ0v) is 10.4. The maximum atomic E-state index is 12.0. The third-order valence-corrected chi connectivity index (χ3v) is 2.46. The van der Waals surface area contributed by atoms with Crippen molar-refractivity contribution in [3.05, 3.63) is 23.8 Å². The van der Waals surface area contributed by atoms with Crippen molar-refractivity contribution in [2.75, 3.05) is 44.9 Å². The van der Waals surface area contributed by atoms with Crippen LogP contribution in [0.25, 0.3) is 0 Å². The van der Waals surface area contributed by atoms with Gasteiger partial charge >= 0.3 is 0 Å². The van der Waals surface area contributed by atoms with Gasteiger partial charge in [0.25, 0.3) is 5.91 Å². The second kappa shape index (κ2) is 6.83. The Bertz CT molecular complexity index is 410. The fourth-order valence-electron chi connectivity index (χ4n) is 1.45. The molecule has 1 aromatic rings. The van der Waals surface area contributed by atoms with E-state index < -0.39 is 0 Å². The van der Waals surface area contributed by atoms with Crippen LogP contribution in [0.15, 0.2) is 18.2 Å². The van der Waals surface area contributed by atoms with Crippen LogP contribution in [-0.2, 0) is 4.74 Å². The molecule has 6 nitrogen and oxygen atoms in total. The van der Waals surface area contributed by atoms with Gasteiger partial charge in [-0.05, 0) is 18.2 Å². The first-order chi connectivity index (χ1) is 8.56. The predicted octanol–water partition coefficient (Wildman–Crippen LogP) is -0.0681. The molecular formula is C12H19N3O3. The minimum Gasteiger partial charge on any atom is -0.399 e. The van der Waals surface area contributed by atoms with E-state index in [4.69, 9.17) is 21.3 Å². The van der Waals surface area contributed by atoms with Gasteiger partial charge < -0.3 is 26.2 Å². The molecule has 0 heterocycles. The van der Waals surface area contributed by atoms with E-state index in [9.17, 15) is 4.79 Å². The molecule has 0 saturated carbocycles. The summed E-state index contributed by atoms with van der Waals surface area (Å²) in [5.74, 6) is -0.180. The number of anilines is 2. The van der Waals surface area contributed by atoms with Crippen LogP contribution in [-0.4, -0.2) is 49.3 Å². The summed E-state index contributed by atoms with van der Waals surface area (Å²) in [6.45, 7) is 1.05. The Hall–Kier alpha value is -1.79. The summed E-state index contributed by atoms with van der Waals surface area (Å²) in [5, 5.41) is 8.55. The number of ether oxygens (including phenoxy) is 1. The van der Waals surface area contributed by atoms with Gasteiger partial charge in [-0.1, -0.05) is 0 Å². The number of hydrogen-bond acceptors (Lipinski definition) is 5. The number of amides is 1. The molecule has 0 aromatic heterocycles. The van der Waals surface area contributed by atoms with Crippen molar-refractivity contribution in [2.45, 2.75) is 0 Å². The normalized spacial score (nSPS) is 10.3. The van der Waals surface area contributed by atoms with E-state index in [1.807, 2.05) is 0 Å². The molecule has 5 N–H and O–H groups in total. The maximum absolute atomic E-state index is 12.0. The Morgan fingerprint density at radius 1 is 1.39 bits per heavy atom. The van der Waals surface area contributed by atoms with Gasteiger partial charge in [0.2, 0.25) is 0 Å². The Morgan fingerprint density at radius 3 is 2.72 bits per heavy atom. The van der Waals surface area contributed by atoms with Gasteiger partial charge in [-0.3, -0.25) is 4.79 Å². The molecule has 0 radical (unpaired) electrons. The Kier molecular flexibility index (Phi) is 5.41. The Labute approximate surface area is 106 Å². The molecule has 0 fully saturated rings. The second-order valence-corrected chi connectivity index (χ2v) is 3.91. The number of benzene rings is 1. The lowest BCUT2D eigenvalue weighted by Gasteiger charge is -2.18. The zero-order chi connectivity index (χ0) is 13.5. The highest BCUT2D eigenvalue weighted by Gasteiger charge is 2.14. The number of hydrogen-bond donors (Lipinski definition) is 3. The highest BCUT2D eigenvalue weighted by molar-refractivity contribution is 5.99. The van der Waals surface area contributed by atoms with Gasteiger partial charge in [0.05, 0.1) is 25.4 Å². The molecule has 0 atom stereocenters. The van der Waals surface area contributed by atoms with Crippen molar-refractivity contribution < 1.29 is 14.6 Å². The van der Waals surface area contributed by atoms with Crippen LogP contribution in [0.4, 0.5) is 11.4 Å². The number of likely N-dealkylation sites (N-methyl/N-ethyl adjacent to an activating group) is 1. The minimum atomic E-state index is -0.180. The Morgan fingerprint density at radius 2 is 2.11 bits per heavy atom. The third kappa shape index (κ3) is 3.90. The van der Waals surface area contributed by atoms with Crippen LogP contribution in [0, 0.1) is 0 Å². The smallest absolute Gasteiger partial charge is 0.255 e. The molecule has 0 bridgehead atoms. The molecule has 1 amide bonds. The molecular weight excluding hydrogens is 234 g/mol. The van der Waals surface area contributed by atoms with Crippen molar-refractivity contribution in [2.24, 2.45) is 0 Å². The molecule has 0 aliphatic rings. The molecule has 0 unspecified atom stereocenters. The molecule has 100 valence electrons. The van der Waals surface area contributed by atoms with Crippen molar-refractivity contribution in [3.8, 4) is 0 Å². The maximum Gasteiger partial charge on any atom is 0.255 e. The van der Waals surface area contributed by atoms with Gasteiger partial charge in [0, 0.05) is 25.0 Å². The lowest BCUT2D eigenvalue weighted by molar-refractivity contribution is 0.0619. The second-order valence-electron chi connectivity index (χ2n) is 3.91. The van der Waals surface area contributed by atoms with Crippen molar-refractivity contribution in [1.82, 2.24) is 4.90 Å². The molecule has 0 saturated heterocycles. The number of aliphatic hydroxyl groups excluding tert-OH is 1. The number of aliphatic hydroxyl groups is 1. The largest absolute Gasteiger partial charge is 0.399 e. The van der Waals surface area contributed by atoms with E-state index >= 15 is 0 Å². The number of rotatable bonds is 6. The van der Waals surface area contributed by atoms with Gasteiger partial charge in [-0.2, -0.15) is 0 Å². The summed E-state index contributed by atoms with van der Waals surface area (Å²) in [7, 11) is 1.67. The quantitative estimate of drug-likeness (QED) is 0.486. The molecule has 0 aliphatic heterocycles. The summed E-state index contributed by atoms with van der Waals surface area (Å²) in [5.41, 5.74) is 12.6. The van der Waals surface area contributed by atoms with Crippen LogP contribution in [0.3, 0.4) is 0 Å². The van der Waals surface area contributed by atoms with E-state index in [1.54, 1.807) is 25.2 Å². The van der Waals surface area contributed by atoms with Crippen LogP contribution >= 0.6 is 0 Å². The van der Waals surface area contributed by atoms with Gasteiger partial charge in [-0.15, -0.1) is 0 Å². The minimum absolute atomic E-state index is 0.0252. The van der Waals surface area contributed by atoms with Crippen LogP contribution in [0.5, 0.6) is 0 Å². The lowest BCUT2D eigenvalue weighted by Crippen LogP contribution is -2.31. The van der Waals surface area contributed by atoms with E-state index in [0.717, 1.165) is 0 Å². The monoisotopic (exact) mass is 253 g/mol. The lowest BCUT2D eigenvalue weighted by atomic mass is 10.1. The number of nitrogens with zero attached hydrogens (tertiary/aromatic N) is 1. The summed E-state index contributed by atoms with van der Waals surface area (Å²) in [4.78, 5) is 13.6. The number of nitrogen functional groups attached to an aromatic ring is 2. The molecule has 18 heavy (non-hydrogen) atoms. The van der Waals surface area contributed by atoms with Crippen molar-refractivity contribution >= 4 is 17.3 Å². The summed E-state index contributed by atoms with van der Waals surface area (Å²) >= 11 is 0. The van der Waals surface area contributed by atoms with E-state index in [1.165, 1.54) is 4.90 Å². The summed E-state index contributed by atoms with van der Waals surface area (Å²) in [6, 6.07) is 4.81. The van der Waals surface area contributed by atoms with Gasteiger partial charge in [0.15, 0.2) is 0 Å². The van der Waals surface area contributed by atoms with E-state index in [2.05, 4.69) is 0 Å². The topological polar surface area (TPSA) is 102 Å². The van der Waals surface area contributed by atoms with Crippen molar-refractivity contribution in [1.29, 1.82) is 0 Å². The SMILES string of the molecule is CN(CCOCCO)C(=O)c1ccc(N)cc1N. The standard InChI is InChI=1S/C12H19N3O3/c1-15(4-6-18-7-5-16)12(17)10-3-2-9(13)8-11(10)14/h2-3,8,16H,4-7,13-14H2,1H3. The summed E-state index contributed by atoms with van der Waals surface area (Å²) in [6.07, 6.45) is 0. The van der Waals surface area contributed by atoms with Gasteiger partial charge in [-0.25, -0.2) is 0 Å². The number of carbonyl (C=O) groups is 1. The van der Waals surface area contributed by atoms with E-state index in [0.29, 0.717) is 30.1 Å². The van der Waals surface area contributed by atoms with Crippen LogP contribution in [0.1, 0.15) is 10.4 Å². The van der Waals surface area contributed by atoms with Crippen molar-refractivity contribution in [3.63, 3.8) is 0 Å². The van der Waals surface area contributed by atoms with Gasteiger partial charge in [0.1, 0.15) is 0 Å². The average Bonchev–Trinajstić information content (AvgIpc) is 2.33. The Balaban J connectivity index is 2.57. The number of carbonyl (C=O) groups excluding carboxylic acids is 1. The number of nitrogens with two attached hydrogens (primary N) is 2. The van der Waals surface area contributed by atoms with Crippen LogP contribution < -0.4 is 11.5 Å². The highest BCUT2D eigenvalue weighted by Crippen LogP contribution is 2.17. The zero-order valence-electron chi connectivity index (χ0n) is 10.4. The molecule has 6 heteroatoms. The third-order valence-electron chi connectivity index (χ3n) is 2.46. The molecule has 0 spiro atoms. The first-order valence-corrected chi connectivity index (χ1v) is 5.65. The fourth-order valence-corrected chi connectivity index (χ4v) is 1.45. The fraction of sp³-hybridized carbons (Fsp3) is 0.417. The molecule has 0 aliphatic carbocycles. The highest BCUT2D eigenvalue weighted by atomic mass is 16.5. The predicted molar refractivity (Wildman–Crippen MR) is 70.1 cm³/mol. The molecule has 1 aromatic carbocycles. The first-order valence-electron chi connectivity index (χ1n) is 5.65.